The first-order valence-electron chi connectivity index (χ1n) is 6.29. The van der Waals surface area contributed by atoms with Gasteiger partial charge in [-0.15, -0.1) is 0 Å². The van der Waals surface area contributed by atoms with Crippen LogP contribution in [-0.4, -0.2) is 4.98 Å². The number of nitrogens with zero attached hydrogens (tertiary/aromatic N) is 1. The van der Waals surface area contributed by atoms with Gasteiger partial charge in [0.25, 0.3) is 0 Å². The summed E-state index contributed by atoms with van der Waals surface area (Å²) in [6.07, 6.45) is 0. The van der Waals surface area contributed by atoms with E-state index >= 15 is 0 Å². The summed E-state index contributed by atoms with van der Waals surface area (Å²) in [7, 11) is 0. The third-order valence-electron chi connectivity index (χ3n) is 3.34. The Bertz CT molecular complexity index is 772. The van der Waals surface area contributed by atoms with E-state index in [1.54, 1.807) is 0 Å². The van der Waals surface area contributed by atoms with Crippen molar-refractivity contribution in [2.45, 2.75) is 20.8 Å². The summed E-state index contributed by atoms with van der Waals surface area (Å²) in [5, 5.41) is 0. The summed E-state index contributed by atoms with van der Waals surface area (Å²) in [6.45, 7) is 6.09. The molecule has 0 radical (unpaired) electrons. The number of anilines is 1. The van der Waals surface area contributed by atoms with Gasteiger partial charge in [-0.25, -0.2) is 4.98 Å². The summed E-state index contributed by atoms with van der Waals surface area (Å²) < 4.78 is 5.88. The number of hydrogen-bond acceptors (Lipinski definition) is 3. The summed E-state index contributed by atoms with van der Waals surface area (Å²) in [4.78, 5) is 4.57. The van der Waals surface area contributed by atoms with Crippen LogP contribution in [0, 0.1) is 20.8 Å². The lowest BCUT2D eigenvalue weighted by Crippen LogP contribution is -1.89. The van der Waals surface area contributed by atoms with E-state index in [2.05, 4.69) is 18.0 Å². The number of rotatable bonds is 1. The molecular formula is C16H16N2O. The van der Waals surface area contributed by atoms with Gasteiger partial charge < -0.3 is 10.2 Å². The number of aryl methyl sites for hydroxylation is 3. The Hall–Kier alpha value is -2.29. The average molecular weight is 252 g/mol. The molecule has 0 spiro atoms. The van der Waals surface area contributed by atoms with Crippen LogP contribution in [0.4, 0.5) is 5.69 Å². The molecule has 0 atom stereocenters. The van der Waals surface area contributed by atoms with Crippen molar-refractivity contribution in [2.75, 3.05) is 5.73 Å². The largest absolute Gasteiger partial charge is 0.436 e. The molecule has 0 saturated carbocycles. The smallest absolute Gasteiger partial charge is 0.227 e. The average Bonchev–Trinajstić information content (AvgIpc) is 2.76. The number of fused-ring (bicyclic) bond motifs is 1. The van der Waals surface area contributed by atoms with Crippen molar-refractivity contribution in [3.8, 4) is 11.5 Å². The first-order chi connectivity index (χ1) is 9.04. The molecule has 1 heterocycles. The molecule has 0 saturated heterocycles. The van der Waals surface area contributed by atoms with Gasteiger partial charge in [0.15, 0.2) is 5.58 Å². The number of nitrogen functional groups attached to an aromatic ring is 1. The molecule has 96 valence electrons. The molecule has 2 aromatic carbocycles. The molecule has 0 bridgehead atoms. The molecule has 0 unspecified atom stereocenters. The highest BCUT2D eigenvalue weighted by Gasteiger charge is 2.11. The highest BCUT2D eigenvalue weighted by atomic mass is 16.3. The minimum absolute atomic E-state index is 0.645. The van der Waals surface area contributed by atoms with Crippen molar-refractivity contribution in [3.63, 3.8) is 0 Å². The fraction of sp³-hybridized carbons (Fsp3) is 0.188. The summed E-state index contributed by atoms with van der Waals surface area (Å²) >= 11 is 0. The number of nitrogens with two attached hydrogens (primary N) is 1. The lowest BCUT2D eigenvalue weighted by atomic mass is 10.1. The van der Waals surface area contributed by atoms with Gasteiger partial charge in [0.2, 0.25) is 5.89 Å². The van der Waals surface area contributed by atoms with Gasteiger partial charge in [-0.3, -0.25) is 0 Å². The van der Waals surface area contributed by atoms with Crippen LogP contribution in [0.2, 0.25) is 0 Å². The maximum atomic E-state index is 5.88. The third-order valence-corrected chi connectivity index (χ3v) is 3.34. The van der Waals surface area contributed by atoms with Crippen LogP contribution >= 0.6 is 0 Å². The Balaban J connectivity index is 2.20. The van der Waals surface area contributed by atoms with E-state index in [0.29, 0.717) is 5.89 Å². The van der Waals surface area contributed by atoms with E-state index < -0.39 is 0 Å². The first kappa shape index (κ1) is 11.8. The SMILES string of the molecule is Cc1cc(C)c2oc(-c3ccc(N)c(C)c3)nc2c1. The molecule has 0 aliphatic carbocycles. The van der Waals surface area contributed by atoms with Crippen molar-refractivity contribution in [3.05, 3.63) is 47.0 Å². The van der Waals surface area contributed by atoms with Gasteiger partial charge >= 0.3 is 0 Å². The van der Waals surface area contributed by atoms with Crippen LogP contribution in [-0.2, 0) is 0 Å². The van der Waals surface area contributed by atoms with Gasteiger partial charge in [-0.1, -0.05) is 6.07 Å². The second kappa shape index (κ2) is 4.12. The van der Waals surface area contributed by atoms with Crippen molar-refractivity contribution in [2.24, 2.45) is 0 Å². The molecule has 0 amide bonds. The number of benzene rings is 2. The van der Waals surface area contributed by atoms with Gasteiger partial charge in [-0.2, -0.15) is 0 Å². The van der Waals surface area contributed by atoms with Gasteiger partial charge in [-0.05, 0) is 61.7 Å². The van der Waals surface area contributed by atoms with Crippen LogP contribution in [0.15, 0.2) is 34.7 Å². The van der Waals surface area contributed by atoms with E-state index in [4.69, 9.17) is 10.2 Å². The van der Waals surface area contributed by atoms with Gasteiger partial charge in [0, 0.05) is 11.3 Å². The van der Waals surface area contributed by atoms with Gasteiger partial charge in [0.1, 0.15) is 5.52 Å². The Morgan fingerprint density at radius 3 is 2.53 bits per heavy atom. The quantitative estimate of drug-likeness (QED) is 0.666. The minimum Gasteiger partial charge on any atom is -0.436 e. The molecule has 0 aliphatic rings. The second-order valence-electron chi connectivity index (χ2n) is 5.02. The fourth-order valence-electron chi connectivity index (χ4n) is 2.31. The topological polar surface area (TPSA) is 52.0 Å². The van der Waals surface area contributed by atoms with Crippen molar-refractivity contribution in [1.82, 2.24) is 4.98 Å². The lowest BCUT2D eigenvalue weighted by molar-refractivity contribution is 0.617. The van der Waals surface area contributed by atoms with E-state index in [-0.39, 0.29) is 0 Å². The van der Waals surface area contributed by atoms with E-state index in [9.17, 15) is 0 Å². The molecular weight excluding hydrogens is 236 g/mol. The first-order valence-corrected chi connectivity index (χ1v) is 6.29. The molecule has 3 nitrogen and oxygen atoms in total. The summed E-state index contributed by atoms with van der Waals surface area (Å²) in [5.74, 6) is 0.645. The van der Waals surface area contributed by atoms with Crippen molar-refractivity contribution < 1.29 is 4.42 Å². The highest BCUT2D eigenvalue weighted by molar-refractivity contribution is 5.80. The van der Waals surface area contributed by atoms with Crippen LogP contribution in [0.5, 0.6) is 0 Å². The maximum Gasteiger partial charge on any atom is 0.227 e. The zero-order valence-corrected chi connectivity index (χ0v) is 11.3. The Morgan fingerprint density at radius 2 is 1.79 bits per heavy atom. The molecule has 3 aromatic rings. The Labute approximate surface area is 112 Å². The Morgan fingerprint density at radius 1 is 1.00 bits per heavy atom. The highest BCUT2D eigenvalue weighted by Crippen LogP contribution is 2.28. The predicted octanol–water partition coefficient (Wildman–Crippen LogP) is 4.00. The zero-order chi connectivity index (χ0) is 13.6. The number of oxazole rings is 1. The molecule has 0 fully saturated rings. The van der Waals surface area contributed by atoms with E-state index in [1.165, 1.54) is 5.56 Å². The van der Waals surface area contributed by atoms with Crippen LogP contribution in [0.25, 0.3) is 22.6 Å². The van der Waals surface area contributed by atoms with Crippen LogP contribution in [0.3, 0.4) is 0 Å². The normalized spacial score (nSPS) is 11.1. The monoisotopic (exact) mass is 252 g/mol. The van der Waals surface area contributed by atoms with Gasteiger partial charge in [0.05, 0.1) is 0 Å². The second-order valence-corrected chi connectivity index (χ2v) is 5.02. The molecule has 0 aliphatic heterocycles. The Kier molecular flexibility index (Phi) is 2.56. The van der Waals surface area contributed by atoms with Crippen molar-refractivity contribution >= 4 is 16.8 Å². The fourth-order valence-corrected chi connectivity index (χ4v) is 2.31. The summed E-state index contributed by atoms with van der Waals surface area (Å²) in [6, 6.07) is 9.97. The predicted molar refractivity (Wildman–Crippen MR) is 78.1 cm³/mol. The lowest BCUT2D eigenvalue weighted by Gasteiger charge is -2.01. The van der Waals surface area contributed by atoms with Crippen molar-refractivity contribution in [1.29, 1.82) is 0 Å². The van der Waals surface area contributed by atoms with Crippen LogP contribution < -0.4 is 5.73 Å². The number of aromatic nitrogens is 1. The molecule has 3 rings (SSSR count). The minimum atomic E-state index is 0.645. The molecule has 19 heavy (non-hydrogen) atoms. The molecule has 3 heteroatoms. The zero-order valence-electron chi connectivity index (χ0n) is 11.3. The maximum absolute atomic E-state index is 5.88. The summed E-state index contributed by atoms with van der Waals surface area (Å²) in [5.41, 5.74) is 12.7. The molecule has 2 N–H and O–H groups in total. The third kappa shape index (κ3) is 1.97. The van der Waals surface area contributed by atoms with E-state index in [0.717, 1.165) is 33.5 Å². The van der Waals surface area contributed by atoms with Crippen LogP contribution in [0.1, 0.15) is 16.7 Å². The molecule has 1 aromatic heterocycles. The number of hydrogen-bond donors (Lipinski definition) is 1. The van der Waals surface area contributed by atoms with E-state index in [1.807, 2.05) is 38.1 Å². The standard InChI is InChI=1S/C16H16N2O/c1-9-6-11(3)15-14(7-9)18-16(19-15)12-4-5-13(17)10(2)8-12/h4-8H,17H2,1-3H3.